The third-order valence-electron chi connectivity index (χ3n) is 3.75. The summed E-state index contributed by atoms with van der Waals surface area (Å²) >= 11 is 0. The number of hydrogen-bond acceptors (Lipinski definition) is 5. The molecule has 1 heterocycles. The molecule has 0 radical (unpaired) electrons. The zero-order valence-electron chi connectivity index (χ0n) is 12.5. The van der Waals surface area contributed by atoms with Crippen LogP contribution < -0.4 is 10.1 Å². The van der Waals surface area contributed by atoms with Gasteiger partial charge in [0.15, 0.2) is 6.61 Å². The Morgan fingerprint density at radius 2 is 2.33 bits per heavy atom. The van der Waals surface area contributed by atoms with Crippen molar-refractivity contribution in [3.05, 3.63) is 35.2 Å². The summed E-state index contributed by atoms with van der Waals surface area (Å²) in [4.78, 5) is 1.44. The Hall–Kier alpha value is -1.95. The van der Waals surface area contributed by atoms with Crippen molar-refractivity contribution in [1.82, 2.24) is 25.5 Å². The summed E-state index contributed by atoms with van der Waals surface area (Å²) in [5.41, 5.74) is 2.79. The molecular formula is C15H21N5O. The zero-order valence-corrected chi connectivity index (χ0v) is 12.5. The molecule has 3 rings (SSSR count). The van der Waals surface area contributed by atoms with Crippen LogP contribution in [0.1, 0.15) is 42.8 Å². The first-order chi connectivity index (χ1) is 10.3. The van der Waals surface area contributed by atoms with Gasteiger partial charge in [-0.1, -0.05) is 13.0 Å². The number of nitrogens with zero attached hydrogens (tertiary/aromatic N) is 4. The molecular weight excluding hydrogens is 266 g/mol. The number of rotatable bonds is 6. The van der Waals surface area contributed by atoms with Gasteiger partial charge in [0.2, 0.25) is 5.82 Å². The summed E-state index contributed by atoms with van der Waals surface area (Å²) in [7, 11) is 1.75. The lowest BCUT2D eigenvalue weighted by Gasteiger charge is -2.13. The fourth-order valence-electron chi connectivity index (χ4n) is 2.74. The minimum absolute atomic E-state index is 0.351. The molecule has 6 heteroatoms. The number of ether oxygens (including phenoxy) is 1. The van der Waals surface area contributed by atoms with Gasteiger partial charge in [-0.25, -0.2) is 0 Å². The summed E-state index contributed by atoms with van der Waals surface area (Å²) in [6, 6.07) is 6.84. The van der Waals surface area contributed by atoms with Gasteiger partial charge in [0, 0.05) is 6.04 Å². The van der Waals surface area contributed by atoms with Gasteiger partial charge in [0.1, 0.15) is 5.75 Å². The number of aryl methyl sites for hydroxylation is 2. The van der Waals surface area contributed by atoms with Crippen molar-refractivity contribution in [3.8, 4) is 5.75 Å². The topological polar surface area (TPSA) is 64.9 Å². The van der Waals surface area contributed by atoms with Crippen molar-refractivity contribution in [1.29, 1.82) is 0 Å². The van der Waals surface area contributed by atoms with Crippen LogP contribution in [0, 0.1) is 0 Å². The van der Waals surface area contributed by atoms with Crippen LogP contribution in [-0.2, 0) is 20.1 Å². The van der Waals surface area contributed by atoms with Crippen LogP contribution in [0.2, 0.25) is 0 Å². The highest BCUT2D eigenvalue weighted by atomic mass is 16.5. The van der Waals surface area contributed by atoms with Gasteiger partial charge in [-0.3, -0.25) is 0 Å². The maximum absolute atomic E-state index is 5.75. The second-order valence-corrected chi connectivity index (χ2v) is 5.39. The molecule has 1 aromatic heterocycles. The Morgan fingerprint density at radius 1 is 1.43 bits per heavy atom. The second-order valence-electron chi connectivity index (χ2n) is 5.39. The largest absolute Gasteiger partial charge is 0.485 e. The predicted octanol–water partition coefficient (Wildman–Crippen LogP) is 1.78. The molecule has 0 aliphatic heterocycles. The smallest absolute Gasteiger partial charge is 0.212 e. The molecule has 0 amide bonds. The van der Waals surface area contributed by atoms with Crippen LogP contribution in [0.15, 0.2) is 18.2 Å². The molecule has 1 atom stereocenters. The number of fused-ring (bicyclic) bond motifs is 1. The Morgan fingerprint density at radius 3 is 3.10 bits per heavy atom. The van der Waals surface area contributed by atoms with Gasteiger partial charge in [-0.2, -0.15) is 4.80 Å². The fourth-order valence-corrected chi connectivity index (χ4v) is 2.74. The summed E-state index contributed by atoms with van der Waals surface area (Å²) in [5, 5.41) is 15.4. The van der Waals surface area contributed by atoms with Gasteiger partial charge in [0.25, 0.3) is 0 Å². The van der Waals surface area contributed by atoms with E-state index in [1.54, 1.807) is 7.05 Å². The first-order valence-corrected chi connectivity index (χ1v) is 7.48. The van der Waals surface area contributed by atoms with Crippen molar-refractivity contribution in [2.45, 2.75) is 38.8 Å². The van der Waals surface area contributed by atoms with E-state index >= 15 is 0 Å². The molecule has 1 aliphatic rings. The van der Waals surface area contributed by atoms with Crippen molar-refractivity contribution >= 4 is 0 Å². The van der Waals surface area contributed by atoms with Crippen molar-refractivity contribution in [2.24, 2.45) is 7.05 Å². The zero-order chi connectivity index (χ0) is 14.7. The van der Waals surface area contributed by atoms with E-state index in [0.717, 1.165) is 25.1 Å². The fraction of sp³-hybridized carbons (Fsp3) is 0.533. The van der Waals surface area contributed by atoms with Gasteiger partial charge >= 0.3 is 0 Å². The third kappa shape index (κ3) is 3.21. The van der Waals surface area contributed by atoms with Gasteiger partial charge < -0.3 is 10.1 Å². The standard InChI is InChI=1S/C15H21N5O/c1-3-8-16-14-7-4-11-9-12(5-6-13(11)14)21-10-15-17-19-20(2)18-15/h5-6,9,14,16H,3-4,7-8,10H2,1-2H3. The number of benzene rings is 1. The molecule has 0 saturated carbocycles. The van der Waals surface area contributed by atoms with E-state index in [1.165, 1.54) is 22.3 Å². The predicted molar refractivity (Wildman–Crippen MR) is 78.9 cm³/mol. The summed E-state index contributed by atoms with van der Waals surface area (Å²) in [5.74, 6) is 1.47. The molecule has 0 spiro atoms. The molecule has 1 aromatic carbocycles. The molecule has 0 fully saturated rings. The van der Waals surface area contributed by atoms with Crippen molar-refractivity contribution in [3.63, 3.8) is 0 Å². The normalized spacial score (nSPS) is 17.0. The first kappa shape index (κ1) is 14.0. The molecule has 112 valence electrons. The molecule has 0 bridgehead atoms. The van der Waals surface area contributed by atoms with Gasteiger partial charge in [-0.05, 0) is 54.3 Å². The van der Waals surface area contributed by atoms with Crippen LogP contribution in [0.5, 0.6) is 5.75 Å². The minimum atomic E-state index is 0.351. The number of nitrogens with one attached hydrogen (secondary N) is 1. The molecule has 0 saturated heterocycles. The lowest BCUT2D eigenvalue weighted by atomic mass is 10.1. The maximum atomic E-state index is 5.75. The highest BCUT2D eigenvalue weighted by Crippen LogP contribution is 2.33. The minimum Gasteiger partial charge on any atom is -0.485 e. The molecule has 6 nitrogen and oxygen atoms in total. The van der Waals surface area contributed by atoms with E-state index in [-0.39, 0.29) is 0 Å². The number of aromatic nitrogens is 4. The van der Waals surface area contributed by atoms with E-state index in [4.69, 9.17) is 4.74 Å². The first-order valence-electron chi connectivity index (χ1n) is 7.48. The van der Waals surface area contributed by atoms with Gasteiger partial charge in [-0.15, -0.1) is 10.2 Å². The molecule has 1 aliphatic carbocycles. The average Bonchev–Trinajstić information content (AvgIpc) is 3.09. The van der Waals surface area contributed by atoms with E-state index in [9.17, 15) is 0 Å². The van der Waals surface area contributed by atoms with Crippen LogP contribution in [0.4, 0.5) is 0 Å². The van der Waals surface area contributed by atoms with Crippen LogP contribution in [0.25, 0.3) is 0 Å². The lowest BCUT2D eigenvalue weighted by Crippen LogP contribution is -2.19. The van der Waals surface area contributed by atoms with Crippen molar-refractivity contribution in [2.75, 3.05) is 6.54 Å². The second kappa shape index (κ2) is 6.22. The highest BCUT2D eigenvalue weighted by molar-refractivity contribution is 5.40. The van der Waals surface area contributed by atoms with Crippen LogP contribution >= 0.6 is 0 Å². The van der Waals surface area contributed by atoms with E-state index in [2.05, 4.69) is 39.8 Å². The quantitative estimate of drug-likeness (QED) is 0.877. The van der Waals surface area contributed by atoms with E-state index in [1.807, 2.05) is 6.07 Å². The molecule has 2 aromatic rings. The highest BCUT2D eigenvalue weighted by Gasteiger charge is 2.22. The average molecular weight is 287 g/mol. The Bertz CT molecular complexity index is 610. The molecule has 21 heavy (non-hydrogen) atoms. The number of hydrogen-bond donors (Lipinski definition) is 1. The van der Waals surface area contributed by atoms with E-state index < -0.39 is 0 Å². The lowest BCUT2D eigenvalue weighted by molar-refractivity contribution is 0.295. The summed E-state index contributed by atoms with van der Waals surface area (Å²) < 4.78 is 5.75. The summed E-state index contributed by atoms with van der Waals surface area (Å²) in [6.45, 7) is 3.62. The van der Waals surface area contributed by atoms with Gasteiger partial charge in [0.05, 0.1) is 7.05 Å². The van der Waals surface area contributed by atoms with Crippen LogP contribution in [-0.4, -0.2) is 26.8 Å². The Kier molecular flexibility index (Phi) is 4.15. The molecule has 1 unspecified atom stereocenters. The molecule has 1 N–H and O–H groups in total. The monoisotopic (exact) mass is 287 g/mol. The number of tetrazole rings is 1. The van der Waals surface area contributed by atoms with Crippen molar-refractivity contribution < 1.29 is 4.74 Å². The Balaban J connectivity index is 1.64. The summed E-state index contributed by atoms with van der Waals surface area (Å²) in [6.07, 6.45) is 3.44. The maximum Gasteiger partial charge on any atom is 0.212 e. The Labute approximate surface area is 124 Å². The SMILES string of the molecule is CCCNC1CCc2cc(OCc3nnn(C)n3)ccc21. The third-order valence-corrected chi connectivity index (χ3v) is 3.75. The van der Waals surface area contributed by atoms with E-state index in [0.29, 0.717) is 18.5 Å². The van der Waals surface area contributed by atoms with Crippen LogP contribution in [0.3, 0.4) is 0 Å².